The zero-order valence-corrected chi connectivity index (χ0v) is 15.3. The van der Waals surface area contributed by atoms with Crippen molar-refractivity contribution in [3.63, 3.8) is 0 Å². The van der Waals surface area contributed by atoms with Crippen LogP contribution >= 0.6 is 0 Å². The fraction of sp³-hybridized carbons (Fsp3) is 0.900. The largest absolute Gasteiger partial charge is 0.386 e. The normalized spacial score (nSPS) is 52.6. The molecular formula is C20H32O3. The number of allylic oxidation sites excluding steroid dienone is 1. The second-order valence-corrected chi connectivity index (χ2v) is 9.75. The highest BCUT2D eigenvalue weighted by molar-refractivity contribution is 5.28. The Kier molecular flexibility index (Phi) is 3.23. The van der Waals surface area contributed by atoms with Crippen molar-refractivity contribution in [3.05, 3.63) is 11.6 Å². The zero-order valence-electron chi connectivity index (χ0n) is 15.3. The Labute approximate surface area is 140 Å². The fourth-order valence-electron chi connectivity index (χ4n) is 5.32. The summed E-state index contributed by atoms with van der Waals surface area (Å²) in [4.78, 5) is 0. The molecule has 3 heteroatoms. The lowest BCUT2D eigenvalue weighted by atomic mass is 9.68. The number of hydrogen-bond acceptors (Lipinski definition) is 3. The minimum atomic E-state index is -0.721. The maximum Gasteiger partial charge on any atom is 0.0921 e. The lowest BCUT2D eigenvalue weighted by molar-refractivity contribution is 0.0838. The lowest BCUT2D eigenvalue weighted by Gasteiger charge is -2.37. The molecule has 1 saturated carbocycles. The molecule has 3 fully saturated rings. The number of hydrogen-bond donors (Lipinski definition) is 1. The number of epoxide rings is 2. The van der Waals surface area contributed by atoms with Gasteiger partial charge < -0.3 is 14.6 Å². The van der Waals surface area contributed by atoms with E-state index in [9.17, 15) is 5.11 Å². The van der Waals surface area contributed by atoms with Gasteiger partial charge in [-0.1, -0.05) is 13.0 Å². The van der Waals surface area contributed by atoms with Crippen molar-refractivity contribution in [2.75, 3.05) is 0 Å². The molecule has 3 unspecified atom stereocenters. The third-order valence-electron chi connectivity index (χ3n) is 7.27. The van der Waals surface area contributed by atoms with Crippen LogP contribution in [0.15, 0.2) is 11.6 Å². The topological polar surface area (TPSA) is 45.3 Å². The summed E-state index contributed by atoms with van der Waals surface area (Å²) in [6, 6.07) is 0. The molecule has 0 aromatic carbocycles. The van der Waals surface area contributed by atoms with Crippen LogP contribution in [0, 0.1) is 11.3 Å². The van der Waals surface area contributed by atoms with Gasteiger partial charge in [-0.2, -0.15) is 0 Å². The third kappa shape index (κ3) is 2.60. The molecule has 23 heavy (non-hydrogen) atoms. The summed E-state index contributed by atoms with van der Waals surface area (Å²) in [5, 5.41) is 10.7. The van der Waals surface area contributed by atoms with Crippen LogP contribution in [-0.4, -0.2) is 34.1 Å². The van der Waals surface area contributed by atoms with Crippen LogP contribution in [0.25, 0.3) is 0 Å². The van der Waals surface area contributed by atoms with E-state index in [1.807, 2.05) is 13.8 Å². The van der Waals surface area contributed by atoms with Crippen LogP contribution in [0.3, 0.4) is 0 Å². The van der Waals surface area contributed by atoms with Crippen LogP contribution in [0.2, 0.25) is 0 Å². The molecular weight excluding hydrogens is 288 g/mol. The highest BCUT2D eigenvalue weighted by Crippen LogP contribution is 2.59. The van der Waals surface area contributed by atoms with E-state index >= 15 is 0 Å². The van der Waals surface area contributed by atoms with Crippen LogP contribution in [0.1, 0.15) is 73.1 Å². The Bertz CT molecular complexity index is 548. The predicted molar refractivity (Wildman–Crippen MR) is 90.2 cm³/mol. The Hall–Kier alpha value is -0.380. The van der Waals surface area contributed by atoms with Gasteiger partial charge in [0.1, 0.15) is 0 Å². The maximum atomic E-state index is 10.7. The molecule has 0 aromatic rings. The van der Waals surface area contributed by atoms with E-state index in [0.29, 0.717) is 18.1 Å². The number of aliphatic hydroxyl groups is 1. The van der Waals surface area contributed by atoms with Crippen molar-refractivity contribution >= 4 is 0 Å². The van der Waals surface area contributed by atoms with Gasteiger partial charge in [-0.25, -0.2) is 0 Å². The number of rotatable bonds is 1. The van der Waals surface area contributed by atoms with E-state index in [-0.39, 0.29) is 16.6 Å². The zero-order chi connectivity index (χ0) is 16.7. The van der Waals surface area contributed by atoms with Gasteiger partial charge in [0.25, 0.3) is 0 Å². The molecule has 6 atom stereocenters. The molecule has 0 bridgehead atoms. The average Bonchev–Trinajstić information content (AvgIpc) is 3.21. The van der Waals surface area contributed by atoms with Crippen LogP contribution in [-0.2, 0) is 9.47 Å². The first kappa shape index (κ1) is 16.1. The highest BCUT2D eigenvalue weighted by atomic mass is 16.6. The van der Waals surface area contributed by atoms with E-state index in [1.165, 1.54) is 5.57 Å². The molecule has 1 N–H and O–H groups in total. The Morgan fingerprint density at radius 2 is 1.65 bits per heavy atom. The SMILES string of the molecule is CC(C)(O)C1=CC[C@@]2(C)CC3O[C@]3(C)CCC3O[C@@]3(C)CCC12. The quantitative estimate of drug-likeness (QED) is 0.587. The average molecular weight is 320 g/mol. The first-order valence-corrected chi connectivity index (χ1v) is 9.34. The molecule has 2 aliphatic heterocycles. The minimum absolute atomic E-state index is 0.0549. The first-order valence-electron chi connectivity index (χ1n) is 9.34. The molecule has 0 radical (unpaired) electrons. The van der Waals surface area contributed by atoms with Gasteiger partial charge in [-0.15, -0.1) is 0 Å². The van der Waals surface area contributed by atoms with Crippen molar-refractivity contribution in [1.29, 1.82) is 0 Å². The summed E-state index contributed by atoms with van der Waals surface area (Å²) in [6.07, 6.45) is 9.74. The smallest absolute Gasteiger partial charge is 0.0921 e. The fourth-order valence-corrected chi connectivity index (χ4v) is 5.32. The maximum absolute atomic E-state index is 10.7. The Morgan fingerprint density at radius 1 is 1.04 bits per heavy atom. The van der Waals surface area contributed by atoms with Crippen molar-refractivity contribution in [2.24, 2.45) is 11.3 Å². The molecule has 0 amide bonds. The monoisotopic (exact) mass is 320 g/mol. The summed E-state index contributed by atoms with van der Waals surface area (Å²) in [6.45, 7) is 10.8. The molecule has 3 nitrogen and oxygen atoms in total. The van der Waals surface area contributed by atoms with Crippen molar-refractivity contribution in [3.8, 4) is 0 Å². The minimum Gasteiger partial charge on any atom is -0.386 e. The Balaban J connectivity index is 1.62. The van der Waals surface area contributed by atoms with E-state index < -0.39 is 5.60 Å². The van der Waals surface area contributed by atoms with Crippen molar-refractivity contribution in [1.82, 2.24) is 0 Å². The van der Waals surface area contributed by atoms with Crippen LogP contribution in [0.5, 0.6) is 0 Å². The van der Waals surface area contributed by atoms with Crippen molar-refractivity contribution in [2.45, 2.75) is 102 Å². The molecule has 2 heterocycles. The van der Waals surface area contributed by atoms with Gasteiger partial charge >= 0.3 is 0 Å². The molecule has 130 valence electrons. The molecule has 2 aliphatic carbocycles. The summed E-state index contributed by atoms with van der Waals surface area (Å²) < 4.78 is 12.2. The lowest BCUT2D eigenvalue weighted by Crippen LogP contribution is -2.34. The second-order valence-electron chi connectivity index (χ2n) is 9.75. The summed E-state index contributed by atoms with van der Waals surface area (Å²) in [5.74, 6) is 0.440. The predicted octanol–water partition coefficient (Wildman–Crippen LogP) is 3.99. The molecule has 0 spiro atoms. The Morgan fingerprint density at radius 3 is 2.35 bits per heavy atom. The van der Waals surface area contributed by atoms with E-state index in [2.05, 4.69) is 26.8 Å². The van der Waals surface area contributed by atoms with Gasteiger partial charge in [-0.3, -0.25) is 0 Å². The molecule has 2 saturated heterocycles. The number of fused-ring (bicyclic) bond motifs is 3. The summed E-state index contributed by atoms with van der Waals surface area (Å²) in [5.41, 5.74) is 0.841. The van der Waals surface area contributed by atoms with Crippen LogP contribution in [0.4, 0.5) is 0 Å². The molecule has 4 rings (SSSR count). The second kappa shape index (κ2) is 4.62. The van der Waals surface area contributed by atoms with Gasteiger partial charge in [0.15, 0.2) is 0 Å². The highest BCUT2D eigenvalue weighted by Gasteiger charge is 2.60. The van der Waals surface area contributed by atoms with E-state index in [0.717, 1.165) is 38.5 Å². The first-order chi connectivity index (χ1) is 10.6. The summed E-state index contributed by atoms with van der Waals surface area (Å²) in [7, 11) is 0. The van der Waals surface area contributed by atoms with E-state index in [4.69, 9.17) is 9.47 Å². The molecule has 4 aliphatic rings. The van der Waals surface area contributed by atoms with Gasteiger partial charge in [0, 0.05) is 0 Å². The van der Waals surface area contributed by atoms with Gasteiger partial charge in [0.2, 0.25) is 0 Å². The standard InChI is InChI=1S/C20H32O3/c1-17(2,21)13-6-9-18(3)12-16-20(5,23-16)11-8-15-19(4,22-15)10-7-14(13)18/h6,14-16,21H,7-12H2,1-5H3/t14?,15?,16?,18-,19-,20+/m0/s1. The number of ether oxygens (including phenoxy) is 2. The summed E-state index contributed by atoms with van der Waals surface area (Å²) >= 11 is 0. The van der Waals surface area contributed by atoms with E-state index in [1.54, 1.807) is 0 Å². The molecule has 0 aromatic heterocycles. The van der Waals surface area contributed by atoms with Gasteiger partial charge in [0.05, 0.1) is 29.0 Å². The van der Waals surface area contributed by atoms with Crippen molar-refractivity contribution < 1.29 is 14.6 Å². The van der Waals surface area contributed by atoms with Gasteiger partial charge in [-0.05, 0) is 83.1 Å². The van der Waals surface area contributed by atoms with Crippen LogP contribution < -0.4 is 0 Å². The third-order valence-corrected chi connectivity index (χ3v) is 7.27.